The lowest BCUT2D eigenvalue weighted by atomic mass is 10.2. The van der Waals surface area contributed by atoms with Gasteiger partial charge in [0.2, 0.25) is 5.95 Å². The first-order valence-electron chi connectivity index (χ1n) is 5.16. The van der Waals surface area contributed by atoms with E-state index in [0.717, 1.165) is 0 Å². The number of aromatic hydroxyl groups is 1. The quantitative estimate of drug-likeness (QED) is 0.847. The maximum atomic E-state index is 11.9. The molecule has 2 heterocycles. The van der Waals surface area contributed by atoms with Crippen LogP contribution in [0.15, 0.2) is 29.5 Å². The fourth-order valence-electron chi connectivity index (χ4n) is 1.37. The van der Waals surface area contributed by atoms with Gasteiger partial charge in [-0.25, -0.2) is 9.97 Å². The average Bonchev–Trinajstić information content (AvgIpc) is 2.37. The smallest absolute Gasteiger partial charge is 0.267 e. The van der Waals surface area contributed by atoms with E-state index in [2.05, 4.69) is 15.3 Å². The van der Waals surface area contributed by atoms with Crippen molar-refractivity contribution in [1.82, 2.24) is 14.5 Å². The number of hydrogen-bond donors (Lipinski definition) is 2. The van der Waals surface area contributed by atoms with Gasteiger partial charge in [-0.3, -0.25) is 14.9 Å². The standard InChI is InChI=1S/C11H9ClN4O3/c1-16-3-2-7(17)8(10(16)19)9(18)15-11-13-4-6(12)5-14-11/h2-5,17H,1H3,(H,13,14,15,18). The van der Waals surface area contributed by atoms with Crippen LogP contribution in [-0.2, 0) is 7.05 Å². The Kier molecular flexibility index (Phi) is 3.48. The summed E-state index contributed by atoms with van der Waals surface area (Å²) in [6.45, 7) is 0. The van der Waals surface area contributed by atoms with E-state index < -0.39 is 17.2 Å². The summed E-state index contributed by atoms with van der Waals surface area (Å²) in [7, 11) is 1.47. The highest BCUT2D eigenvalue weighted by Crippen LogP contribution is 2.13. The lowest BCUT2D eigenvalue weighted by molar-refractivity contribution is 0.102. The molecule has 0 saturated carbocycles. The van der Waals surface area contributed by atoms with Gasteiger partial charge in [0.05, 0.1) is 17.4 Å². The molecule has 0 aromatic carbocycles. The normalized spacial score (nSPS) is 10.2. The monoisotopic (exact) mass is 280 g/mol. The molecule has 0 aliphatic rings. The minimum absolute atomic E-state index is 0.0142. The molecule has 2 aromatic heterocycles. The van der Waals surface area contributed by atoms with Crippen molar-refractivity contribution in [2.75, 3.05) is 5.32 Å². The van der Waals surface area contributed by atoms with Crippen LogP contribution < -0.4 is 10.9 Å². The van der Waals surface area contributed by atoms with Crippen LogP contribution in [0.1, 0.15) is 10.4 Å². The zero-order valence-corrected chi connectivity index (χ0v) is 10.5. The Balaban J connectivity index is 2.33. The van der Waals surface area contributed by atoms with E-state index in [9.17, 15) is 14.7 Å². The zero-order valence-electron chi connectivity index (χ0n) is 9.79. The first-order valence-corrected chi connectivity index (χ1v) is 5.54. The molecule has 0 radical (unpaired) electrons. The molecule has 0 saturated heterocycles. The third kappa shape index (κ3) is 2.71. The summed E-state index contributed by atoms with van der Waals surface area (Å²) in [6.07, 6.45) is 3.95. The molecule has 2 N–H and O–H groups in total. The molecule has 8 heteroatoms. The molecule has 7 nitrogen and oxygen atoms in total. The van der Waals surface area contributed by atoms with E-state index in [0.29, 0.717) is 5.02 Å². The van der Waals surface area contributed by atoms with Crippen molar-refractivity contribution >= 4 is 23.5 Å². The van der Waals surface area contributed by atoms with E-state index >= 15 is 0 Å². The first kappa shape index (κ1) is 13.0. The number of hydrogen-bond acceptors (Lipinski definition) is 5. The number of halogens is 1. The van der Waals surface area contributed by atoms with Gasteiger partial charge < -0.3 is 9.67 Å². The minimum atomic E-state index is -0.791. The van der Waals surface area contributed by atoms with Gasteiger partial charge >= 0.3 is 0 Å². The van der Waals surface area contributed by atoms with Crippen LogP contribution in [0.2, 0.25) is 5.02 Å². The molecular weight excluding hydrogens is 272 g/mol. The van der Waals surface area contributed by atoms with Crippen molar-refractivity contribution in [1.29, 1.82) is 0 Å². The van der Waals surface area contributed by atoms with Crippen LogP contribution in [0.25, 0.3) is 0 Å². The summed E-state index contributed by atoms with van der Waals surface area (Å²) < 4.78 is 1.18. The number of anilines is 1. The second-order valence-corrected chi connectivity index (χ2v) is 4.11. The number of carbonyl (C=O) groups excluding carboxylic acids is 1. The second-order valence-electron chi connectivity index (χ2n) is 3.67. The van der Waals surface area contributed by atoms with Gasteiger partial charge in [-0.1, -0.05) is 11.6 Å². The van der Waals surface area contributed by atoms with Gasteiger partial charge in [-0.15, -0.1) is 0 Å². The maximum Gasteiger partial charge on any atom is 0.267 e. The van der Waals surface area contributed by atoms with Gasteiger partial charge in [-0.2, -0.15) is 0 Å². The van der Waals surface area contributed by atoms with E-state index in [-0.39, 0.29) is 11.5 Å². The van der Waals surface area contributed by atoms with Crippen molar-refractivity contribution in [2.45, 2.75) is 0 Å². The Bertz CT molecular complexity index is 681. The van der Waals surface area contributed by atoms with Crippen molar-refractivity contribution < 1.29 is 9.90 Å². The van der Waals surface area contributed by atoms with Crippen molar-refractivity contribution in [2.24, 2.45) is 7.05 Å². The van der Waals surface area contributed by atoms with Gasteiger partial charge in [0.25, 0.3) is 11.5 Å². The SMILES string of the molecule is Cn1ccc(O)c(C(=O)Nc2ncc(Cl)cn2)c1=O. The number of pyridine rings is 1. The molecule has 1 amide bonds. The molecule has 0 fully saturated rings. The highest BCUT2D eigenvalue weighted by molar-refractivity contribution is 6.30. The molecule has 2 rings (SSSR count). The van der Waals surface area contributed by atoms with Gasteiger partial charge in [0.15, 0.2) is 0 Å². The maximum absolute atomic E-state index is 11.9. The Morgan fingerprint density at radius 3 is 2.68 bits per heavy atom. The predicted octanol–water partition coefficient (Wildman–Crippen LogP) is 0.787. The lowest BCUT2D eigenvalue weighted by Crippen LogP contribution is -2.27. The van der Waals surface area contributed by atoms with Gasteiger partial charge in [0, 0.05) is 13.2 Å². The molecule has 0 aliphatic heterocycles. The summed E-state index contributed by atoms with van der Waals surface area (Å²) in [4.78, 5) is 31.2. The highest BCUT2D eigenvalue weighted by Gasteiger charge is 2.17. The lowest BCUT2D eigenvalue weighted by Gasteiger charge is -2.06. The van der Waals surface area contributed by atoms with Crippen LogP contribution in [0.3, 0.4) is 0 Å². The summed E-state index contributed by atoms with van der Waals surface area (Å²) in [5.41, 5.74) is -0.991. The molecule has 19 heavy (non-hydrogen) atoms. The summed E-state index contributed by atoms with van der Waals surface area (Å²) in [5.74, 6) is -1.21. The molecule has 0 spiro atoms. The van der Waals surface area contributed by atoms with Gasteiger partial charge in [0.1, 0.15) is 11.3 Å². The van der Waals surface area contributed by atoms with Crippen LogP contribution in [0.5, 0.6) is 5.75 Å². The molecule has 0 atom stereocenters. The molecule has 0 unspecified atom stereocenters. The number of aryl methyl sites for hydroxylation is 1. The fourth-order valence-corrected chi connectivity index (χ4v) is 1.47. The van der Waals surface area contributed by atoms with Crippen molar-refractivity contribution in [3.05, 3.63) is 45.6 Å². The van der Waals surface area contributed by atoms with Crippen molar-refractivity contribution in [3.8, 4) is 5.75 Å². The Morgan fingerprint density at radius 1 is 1.42 bits per heavy atom. The number of rotatable bonds is 2. The van der Waals surface area contributed by atoms with Crippen LogP contribution in [0.4, 0.5) is 5.95 Å². The van der Waals surface area contributed by atoms with E-state index in [4.69, 9.17) is 11.6 Å². The van der Waals surface area contributed by atoms with E-state index in [1.165, 1.54) is 36.3 Å². The number of aromatic nitrogens is 3. The van der Waals surface area contributed by atoms with E-state index in [1.807, 2.05) is 0 Å². The number of nitrogens with zero attached hydrogens (tertiary/aromatic N) is 3. The molecule has 0 aliphatic carbocycles. The third-order valence-corrected chi connectivity index (χ3v) is 2.51. The van der Waals surface area contributed by atoms with Crippen LogP contribution in [-0.4, -0.2) is 25.5 Å². The Labute approximate surface area is 112 Å². The number of carbonyl (C=O) groups is 1. The summed E-state index contributed by atoms with van der Waals surface area (Å²) in [6, 6.07) is 1.25. The molecule has 98 valence electrons. The minimum Gasteiger partial charge on any atom is -0.507 e. The van der Waals surface area contributed by atoms with E-state index in [1.54, 1.807) is 0 Å². The van der Waals surface area contributed by atoms with Crippen molar-refractivity contribution in [3.63, 3.8) is 0 Å². The van der Waals surface area contributed by atoms with Crippen LogP contribution >= 0.6 is 11.6 Å². The number of amides is 1. The van der Waals surface area contributed by atoms with Crippen LogP contribution in [0, 0.1) is 0 Å². The third-order valence-electron chi connectivity index (χ3n) is 2.32. The average molecular weight is 281 g/mol. The Morgan fingerprint density at radius 2 is 2.05 bits per heavy atom. The fraction of sp³-hybridized carbons (Fsp3) is 0.0909. The summed E-state index contributed by atoms with van der Waals surface area (Å²) >= 11 is 5.61. The summed E-state index contributed by atoms with van der Waals surface area (Å²) in [5, 5.41) is 12.2. The first-order chi connectivity index (χ1) is 8.99. The predicted molar refractivity (Wildman–Crippen MR) is 68.3 cm³/mol. The molecule has 0 bridgehead atoms. The second kappa shape index (κ2) is 5.07. The topological polar surface area (TPSA) is 97.1 Å². The number of nitrogens with one attached hydrogen (secondary N) is 1. The molecule has 2 aromatic rings. The largest absolute Gasteiger partial charge is 0.507 e. The Hall–Kier alpha value is -2.41. The van der Waals surface area contributed by atoms with Gasteiger partial charge in [-0.05, 0) is 6.07 Å². The zero-order chi connectivity index (χ0) is 14.0. The highest BCUT2D eigenvalue weighted by atomic mass is 35.5. The molecular formula is C11H9ClN4O3.